The second-order valence-electron chi connectivity index (χ2n) is 6.29. The van der Waals surface area contributed by atoms with Crippen LogP contribution in [0.15, 0.2) is 53.3 Å². The second-order valence-corrected chi connectivity index (χ2v) is 6.29. The van der Waals surface area contributed by atoms with Crippen molar-refractivity contribution in [3.63, 3.8) is 0 Å². The number of ether oxygens (including phenoxy) is 1. The Morgan fingerprint density at radius 3 is 2.40 bits per heavy atom. The largest absolute Gasteiger partial charge is 0.451 e. The standard InChI is InChI=1S/C20H20N2O3/c1-12(2)14-8-10-15(11-9-14)20(24)25-13(3)18-21-17-7-5-4-6-16(17)19(23)22-18/h4-13H,1-3H3,(H,21,22,23)/t13-/m0/s1. The summed E-state index contributed by atoms with van der Waals surface area (Å²) >= 11 is 0. The second kappa shape index (κ2) is 6.89. The van der Waals surface area contributed by atoms with E-state index in [2.05, 4.69) is 23.8 Å². The van der Waals surface area contributed by atoms with Crippen LogP contribution in [0.4, 0.5) is 0 Å². The van der Waals surface area contributed by atoms with Crippen LogP contribution in [0.1, 0.15) is 54.5 Å². The van der Waals surface area contributed by atoms with E-state index in [-0.39, 0.29) is 5.56 Å². The first-order valence-electron chi connectivity index (χ1n) is 8.25. The molecule has 0 unspecified atom stereocenters. The topological polar surface area (TPSA) is 72.0 Å². The van der Waals surface area contributed by atoms with Crippen molar-refractivity contribution in [1.29, 1.82) is 0 Å². The highest BCUT2D eigenvalue weighted by atomic mass is 16.5. The maximum absolute atomic E-state index is 12.3. The van der Waals surface area contributed by atoms with Gasteiger partial charge in [0.2, 0.25) is 0 Å². The highest BCUT2D eigenvalue weighted by Crippen LogP contribution is 2.19. The van der Waals surface area contributed by atoms with Gasteiger partial charge in [-0.1, -0.05) is 38.1 Å². The summed E-state index contributed by atoms with van der Waals surface area (Å²) in [6.45, 7) is 5.88. The molecule has 0 aliphatic carbocycles. The van der Waals surface area contributed by atoms with Gasteiger partial charge in [-0.3, -0.25) is 4.79 Å². The van der Waals surface area contributed by atoms with Gasteiger partial charge in [-0.05, 0) is 42.7 Å². The van der Waals surface area contributed by atoms with E-state index in [0.29, 0.717) is 28.2 Å². The molecule has 5 heteroatoms. The van der Waals surface area contributed by atoms with Crippen LogP contribution in [0.5, 0.6) is 0 Å². The molecule has 1 N–H and O–H groups in total. The van der Waals surface area contributed by atoms with Gasteiger partial charge in [-0.15, -0.1) is 0 Å². The van der Waals surface area contributed by atoms with Crippen LogP contribution in [0, 0.1) is 0 Å². The maximum Gasteiger partial charge on any atom is 0.338 e. The fourth-order valence-electron chi connectivity index (χ4n) is 2.59. The van der Waals surface area contributed by atoms with Crippen molar-refractivity contribution in [2.24, 2.45) is 0 Å². The summed E-state index contributed by atoms with van der Waals surface area (Å²) in [5, 5.41) is 0.508. The predicted octanol–water partition coefficient (Wildman–Crippen LogP) is 3.96. The number of esters is 1. The van der Waals surface area contributed by atoms with Crippen molar-refractivity contribution in [1.82, 2.24) is 9.97 Å². The lowest BCUT2D eigenvalue weighted by molar-refractivity contribution is 0.0320. The zero-order chi connectivity index (χ0) is 18.0. The van der Waals surface area contributed by atoms with Crippen molar-refractivity contribution >= 4 is 16.9 Å². The molecule has 128 valence electrons. The Morgan fingerprint density at radius 1 is 1.04 bits per heavy atom. The fourth-order valence-corrected chi connectivity index (χ4v) is 2.59. The Bertz CT molecular complexity index is 959. The van der Waals surface area contributed by atoms with Crippen molar-refractivity contribution in [2.45, 2.75) is 32.8 Å². The third-order valence-corrected chi connectivity index (χ3v) is 4.11. The van der Waals surface area contributed by atoms with Gasteiger partial charge in [-0.25, -0.2) is 9.78 Å². The molecular weight excluding hydrogens is 316 g/mol. The number of rotatable bonds is 4. The molecule has 2 aromatic carbocycles. The van der Waals surface area contributed by atoms with Gasteiger partial charge in [0.1, 0.15) is 0 Å². The quantitative estimate of drug-likeness (QED) is 0.732. The van der Waals surface area contributed by atoms with Crippen LogP contribution < -0.4 is 5.56 Å². The lowest BCUT2D eigenvalue weighted by atomic mass is 10.0. The number of carbonyl (C=O) groups excluding carboxylic acids is 1. The number of hydrogen-bond acceptors (Lipinski definition) is 4. The monoisotopic (exact) mass is 336 g/mol. The summed E-state index contributed by atoms with van der Waals surface area (Å²) in [6, 6.07) is 14.4. The van der Waals surface area contributed by atoms with Crippen molar-refractivity contribution in [3.05, 3.63) is 75.8 Å². The molecule has 1 atom stereocenters. The van der Waals surface area contributed by atoms with Crippen LogP contribution in [-0.4, -0.2) is 15.9 Å². The van der Waals surface area contributed by atoms with Crippen molar-refractivity contribution < 1.29 is 9.53 Å². The zero-order valence-electron chi connectivity index (χ0n) is 14.4. The highest BCUT2D eigenvalue weighted by molar-refractivity contribution is 5.89. The number of benzene rings is 2. The van der Waals surface area contributed by atoms with Gasteiger partial charge in [0.25, 0.3) is 5.56 Å². The minimum atomic E-state index is -0.658. The molecule has 0 saturated heterocycles. The third-order valence-electron chi connectivity index (χ3n) is 4.11. The van der Waals surface area contributed by atoms with E-state index in [1.807, 2.05) is 18.2 Å². The number of para-hydroxylation sites is 1. The molecule has 1 heterocycles. The molecule has 1 aromatic heterocycles. The van der Waals surface area contributed by atoms with E-state index in [9.17, 15) is 9.59 Å². The number of aromatic nitrogens is 2. The molecule has 0 bridgehead atoms. The molecule has 0 amide bonds. The van der Waals surface area contributed by atoms with Crippen LogP contribution >= 0.6 is 0 Å². The first-order chi connectivity index (χ1) is 12.0. The minimum absolute atomic E-state index is 0.246. The Balaban J connectivity index is 1.80. The number of nitrogens with zero attached hydrogens (tertiary/aromatic N) is 1. The van der Waals surface area contributed by atoms with Crippen molar-refractivity contribution in [3.8, 4) is 0 Å². The molecule has 3 rings (SSSR count). The summed E-state index contributed by atoms with van der Waals surface area (Å²) < 4.78 is 5.46. The molecule has 0 fully saturated rings. The smallest absolute Gasteiger partial charge is 0.338 e. The molecule has 5 nitrogen and oxygen atoms in total. The maximum atomic E-state index is 12.3. The van der Waals surface area contributed by atoms with Crippen LogP contribution in [0.25, 0.3) is 10.9 Å². The highest BCUT2D eigenvalue weighted by Gasteiger charge is 2.17. The summed E-state index contributed by atoms with van der Waals surface area (Å²) in [6.07, 6.45) is -0.658. The van der Waals surface area contributed by atoms with E-state index in [0.717, 1.165) is 5.56 Å². The molecule has 3 aromatic rings. The molecule has 0 radical (unpaired) electrons. The Hall–Kier alpha value is -2.95. The molecule has 0 saturated carbocycles. The predicted molar refractivity (Wildman–Crippen MR) is 96.7 cm³/mol. The van der Waals surface area contributed by atoms with Crippen molar-refractivity contribution in [2.75, 3.05) is 0 Å². The lowest BCUT2D eigenvalue weighted by Gasteiger charge is -2.13. The molecule has 0 spiro atoms. The van der Waals surface area contributed by atoms with Gasteiger partial charge in [0, 0.05) is 0 Å². The summed E-state index contributed by atoms with van der Waals surface area (Å²) in [5.74, 6) is 0.283. The zero-order valence-corrected chi connectivity index (χ0v) is 14.4. The first-order valence-corrected chi connectivity index (χ1v) is 8.25. The average molecular weight is 336 g/mol. The normalized spacial score (nSPS) is 12.3. The minimum Gasteiger partial charge on any atom is -0.451 e. The van der Waals surface area contributed by atoms with Gasteiger partial charge in [0.05, 0.1) is 16.5 Å². The van der Waals surface area contributed by atoms with E-state index < -0.39 is 12.1 Å². The lowest BCUT2D eigenvalue weighted by Crippen LogP contribution is -2.17. The first kappa shape index (κ1) is 16.9. The molecular formula is C20H20N2O3. The Kier molecular flexibility index (Phi) is 4.65. The molecule has 0 aliphatic heterocycles. The number of H-pyrrole nitrogens is 1. The number of carbonyl (C=O) groups is 1. The Morgan fingerprint density at radius 2 is 1.72 bits per heavy atom. The number of fused-ring (bicyclic) bond motifs is 1. The summed E-state index contributed by atoms with van der Waals surface area (Å²) in [4.78, 5) is 31.5. The van der Waals surface area contributed by atoms with E-state index in [1.54, 1.807) is 37.3 Å². The van der Waals surface area contributed by atoms with Crippen LogP contribution in [-0.2, 0) is 4.74 Å². The van der Waals surface area contributed by atoms with Crippen LogP contribution in [0.2, 0.25) is 0 Å². The van der Waals surface area contributed by atoms with E-state index >= 15 is 0 Å². The number of aromatic amines is 1. The van der Waals surface area contributed by atoms with Gasteiger partial charge in [-0.2, -0.15) is 0 Å². The molecule has 0 aliphatic rings. The Labute approximate surface area is 145 Å². The fraction of sp³-hybridized carbons (Fsp3) is 0.250. The summed E-state index contributed by atoms with van der Waals surface area (Å²) in [7, 11) is 0. The average Bonchev–Trinajstić information content (AvgIpc) is 2.61. The van der Waals surface area contributed by atoms with Gasteiger partial charge >= 0.3 is 5.97 Å². The van der Waals surface area contributed by atoms with Gasteiger partial charge in [0.15, 0.2) is 11.9 Å². The van der Waals surface area contributed by atoms with E-state index in [1.165, 1.54) is 0 Å². The number of hydrogen-bond donors (Lipinski definition) is 1. The van der Waals surface area contributed by atoms with Crippen LogP contribution in [0.3, 0.4) is 0 Å². The summed E-state index contributed by atoms with van der Waals surface area (Å²) in [5.41, 5.74) is 1.96. The SMILES string of the molecule is CC(C)c1ccc(C(=O)O[C@@H](C)c2nc3ccccc3c(=O)[nH]2)cc1. The molecule has 25 heavy (non-hydrogen) atoms. The third kappa shape index (κ3) is 3.60. The number of nitrogens with one attached hydrogen (secondary N) is 1. The van der Waals surface area contributed by atoms with Gasteiger partial charge < -0.3 is 9.72 Å². The van der Waals surface area contributed by atoms with E-state index in [4.69, 9.17) is 4.74 Å².